The summed E-state index contributed by atoms with van der Waals surface area (Å²) in [5.41, 5.74) is 0.986. The molecule has 0 aromatic carbocycles. The van der Waals surface area contributed by atoms with Crippen LogP contribution in [0.25, 0.3) is 0 Å². The molecule has 0 bridgehead atoms. The van der Waals surface area contributed by atoms with E-state index in [1.807, 2.05) is 12.1 Å². The molecule has 0 unspecified atom stereocenters. The Morgan fingerprint density at radius 1 is 1.60 bits per heavy atom. The van der Waals surface area contributed by atoms with Crippen LogP contribution < -0.4 is 5.32 Å². The molecule has 0 spiro atoms. The van der Waals surface area contributed by atoms with Crippen LogP contribution in [0, 0.1) is 0 Å². The predicted octanol–water partition coefficient (Wildman–Crippen LogP) is 1.91. The maximum Gasteiger partial charge on any atom is 0.133 e. The van der Waals surface area contributed by atoms with Crippen molar-refractivity contribution in [2.45, 2.75) is 31.3 Å². The zero-order chi connectivity index (χ0) is 10.7. The van der Waals surface area contributed by atoms with E-state index in [2.05, 4.69) is 10.3 Å². The molecule has 1 aromatic rings. The maximum atomic E-state index is 9.02. The molecule has 1 saturated carbocycles. The number of rotatable bonds is 5. The maximum absolute atomic E-state index is 9.02. The van der Waals surface area contributed by atoms with Gasteiger partial charge < -0.3 is 10.4 Å². The van der Waals surface area contributed by atoms with Crippen molar-refractivity contribution in [2.24, 2.45) is 0 Å². The fourth-order valence-electron chi connectivity index (χ4n) is 1.65. The van der Waals surface area contributed by atoms with Crippen LogP contribution in [0.2, 0.25) is 5.15 Å². The third-order valence-corrected chi connectivity index (χ3v) is 2.91. The molecule has 0 aliphatic heterocycles. The van der Waals surface area contributed by atoms with Crippen molar-refractivity contribution in [1.82, 2.24) is 10.3 Å². The third-order valence-electron chi connectivity index (χ3n) is 2.60. The molecule has 1 atom stereocenters. The quantitative estimate of drug-likeness (QED) is 0.754. The summed E-state index contributed by atoms with van der Waals surface area (Å²) in [6.07, 6.45) is 4.81. The highest BCUT2D eigenvalue weighted by atomic mass is 35.5. The van der Waals surface area contributed by atoms with E-state index in [1.54, 1.807) is 6.20 Å². The molecule has 0 radical (unpaired) electrons. The van der Waals surface area contributed by atoms with E-state index >= 15 is 0 Å². The van der Waals surface area contributed by atoms with Crippen LogP contribution in [0.5, 0.6) is 0 Å². The SMILES string of the molecule is OCC[C@@H](NC1CC1)c1cccnc1Cl. The second-order valence-corrected chi connectivity index (χ2v) is 4.25. The topological polar surface area (TPSA) is 45.1 Å². The molecule has 3 nitrogen and oxygen atoms in total. The van der Waals surface area contributed by atoms with E-state index < -0.39 is 0 Å². The molecular formula is C11H15ClN2O. The predicted molar refractivity (Wildman–Crippen MR) is 59.8 cm³/mol. The van der Waals surface area contributed by atoms with Crippen LogP contribution in [0.15, 0.2) is 18.3 Å². The van der Waals surface area contributed by atoms with E-state index in [0.29, 0.717) is 17.6 Å². The summed E-state index contributed by atoms with van der Waals surface area (Å²) in [5, 5.41) is 13.0. The number of nitrogens with one attached hydrogen (secondary N) is 1. The first-order valence-electron chi connectivity index (χ1n) is 5.28. The lowest BCUT2D eigenvalue weighted by atomic mass is 10.1. The first kappa shape index (κ1) is 10.9. The summed E-state index contributed by atoms with van der Waals surface area (Å²) < 4.78 is 0. The Morgan fingerprint density at radius 2 is 2.40 bits per heavy atom. The minimum absolute atomic E-state index is 0.128. The molecule has 0 saturated heterocycles. The minimum Gasteiger partial charge on any atom is -0.396 e. The number of hydrogen-bond donors (Lipinski definition) is 2. The number of aliphatic hydroxyl groups is 1. The van der Waals surface area contributed by atoms with Crippen LogP contribution in [0.3, 0.4) is 0 Å². The van der Waals surface area contributed by atoms with Gasteiger partial charge in [0, 0.05) is 30.5 Å². The van der Waals surface area contributed by atoms with Gasteiger partial charge in [-0.05, 0) is 25.3 Å². The number of nitrogens with zero attached hydrogens (tertiary/aromatic N) is 1. The lowest BCUT2D eigenvalue weighted by molar-refractivity contribution is 0.265. The Morgan fingerprint density at radius 3 is 3.00 bits per heavy atom. The first-order valence-corrected chi connectivity index (χ1v) is 5.66. The van der Waals surface area contributed by atoms with Gasteiger partial charge in [-0.15, -0.1) is 0 Å². The molecule has 0 amide bonds. The van der Waals surface area contributed by atoms with Crippen LogP contribution in [-0.2, 0) is 0 Å². The van der Waals surface area contributed by atoms with Crippen LogP contribution in [0.1, 0.15) is 30.9 Å². The largest absolute Gasteiger partial charge is 0.396 e. The monoisotopic (exact) mass is 226 g/mol. The average molecular weight is 227 g/mol. The highest BCUT2D eigenvalue weighted by Crippen LogP contribution is 2.28. The van der Waals surface area contributed by atoms with Crippen molar-refractivity contribution in [2.75, 3.05) is 6.61 Å². The number of hydrogen-bond acceptors (Lipinski definition) is 3. The summed E-state index contributed by atoms with van der Waals surface area (Å²) in [4.78, 5) is 4.05. The van der Waals surface area contributed by atoms with Gasteiger partial charge >= 0.3 is 0 Å². The Kier molecular flexibility index (Phi) is 3.57. The van der Waals surface area contributed by atoms with E-state index in [4.69, 9.17) is 16.7 Å². The number of aliphatic hydroxyl groups excluding tert-OH is 1. The van der Waals surface area contributed by atoms with Gasteiger partial charge in [-0.25, -0.2) is 4.98 Å². The second kappa shape index (κ2) is 4.92. The summed E-state index contributed by atoms with van der Waals surface area (Å²) in [5.74, 6) is 0. The van der Waals surface area contributed by atoms with Gasteiger partial charge in [-0.1, -0.05) is 17.7 Å². The van der Waals surface area contributed by atoms with Crippen LogP contribution in [-0.4, -0.2) is 22.7 Å². The van der Waals surface area contributed by atoms with Gasteiger partial charge in [-0.2, -0.15) is 0 Å². The van der Waals surface area contributed by atoms with Crippen molar-refractivity contribution in [1.29, 1.82) is 0 Å². The minimum atomic E-state index is 0.128. The molecule has 1 aromatic heterocycles. The molecule has 4 heteroatoms. The summed E-state index contributed by atoms with van der Waals surface area (Å²) in [6, 6.07) is 4.56. The highest BCUT2D eigenvalue weighted by Gasteiger charge is 2.26. The zero-order valence-electron chi connectivity index (χ0n) is 8.49. The fraction of sp³-hybridized carbons (Fsp3) is 0.545. The normalized spacial score (nSPS) is 17.7. The average Bonchev–Trinajstić information content (AvgIpc) is 3.02. The Labute approximate surface area is 94.5 Å². The van der Waals surface area contributed by atoms with E-state index in [0.717, 1.165) is 5.56 Å². The smallest absolute Gasteiger partial charge is 0.133 e. The van der Waals surface area contributed by atoms with Gasteiger partial charge in [-0.3, -0.25) is 0 Å². The molecule has 1 aliphatic rings. The summed E-state index contributed by atoms with van der Waals surface area (Å²) >= 11 is 6.03. The van der Waals surface area contributed by atoms with Crippen molar-refractivity contribution < 1.29 is 5.11 Å². The molecule has 1 fully saturated rings. The Bertz CT molecular complexity index is 328. The van der Waals surface area contributed by atoms with Crippen molar-refractivity contribution >= 4 is 11.6 Å². The summed E-state index contributed by atoms with van der Waals surface area (Å²) in [7, 11) is 0. The number of pyridine rings is 1. The van der Waals surface area contributed by atoms with E-state index in [-0.39, 0.29) is 12.6 Å². The van der Waals surface area contributed by atoms with Crippen molar-refractivity contribution in [3.63, 3.8) is 0 Å². The standard InChI is InChI=1S/C11H15ClN2O/c12-11-9(2-1-6-13-11)10(5-7-15)14-8-3-4-8/h1-2,6,8,10,14-15H,3-5,7H2/t10-/m1/s1. The lowest BCUT2D eigenvalue weighted by Crippen LogP contribution is -2.24. The van der Waals surface area contributed by atoms with E-state index in [9.17, 15) is 0 Å². The number of aromatic nitrogens is 1. The van der Waals surface area contributed by atoms with Gasteiger partial charge in [0.1, 0.15) is 5.15 Å². The third kappa shape index (κ3) is 2.91. The van der Waals surface area contributed by atoms with Gasteiger partial charge in [0.25, 0.3) is 0 Å². The molecular weight excluding hydrogens is 212 g/mol. The molecule has 15 heavy (non-hydrogen) atoms. The lowest BCUT2D eigenvalue weighted by Gasteiger charge is -2.18. The highest BCUT2D eigenvalue weighted by molar-refractivity contribution is 6.30. The van der Waals surface area contributed by atoms with Crippen molar-refractivity contribution in [3.8, 4) is 0 Å². The molecule has 82 valence electrons. The van der Waals surface area contributed by atoms with Gasteiger partial charge in [0.05, 0.1) is 0 Å². The van der Waals surface area contributed by atoms with Crippen LogP contribution >= 0.6 is 11.6 Å². The molecule has 2 N–H and O–H groups in total. The zero-order valence-corrected chi connectivity index (χ0v) is 9.24. The Hall–Kier alpha value is -0.640. The van der Waals surface area contributed by atoms with Gasteiger partial charge in [0.2, 0.25) is 0 Å². The number of halogens is 1. The molecule has 2 rings (SSSR count). The van der Waals surface area contributed by atoms with Crippen molar-refractivity contribution in [3.05, 3.63) is 29.0 Å². The summed E-state index contributed by atoms with van der Waals surface area (Å²) in [6.45, 7) is 0.162. The van der Waals surface area contributed by atoms with Gasteiger partial charge in [0.15, 0.2) is 0 Å². The first-order chi connectivity index (χ1) is 7.31. The molecule has 1 heterocycles. The van der Waals surface area contributed by atoms with Crippen LogP contribution in [0.4, 0.5) is 0 Å². The second-order valence-electron chi connectivity index (χ2n) is 3.89. The Balaban J connectivity index is 2.11. The fourth-order valence-corrected chi connectivity index (χ4v) is 1.90. The van der Waals surface area contributed by atoms with E-state index in [1.165, 1.54) is 12.8 Å². The molecule has 1 aliphatic carbocycles.